The Bertz CT molecular complexity index is 916. The molecule has 3 rings (SSSR count). The lowest BCUT2D eigenvalue weighted by molar-refractivity contribution is -0.121. The number of carbonyl (C=O) groups is 1. The SMILES string of the molecule is Cc1ccc(CN2CCN(CC(=O)NCc3ccccc3Cl)S2(=O)=O)cc1. The van der Waals surface area contributed by atoms with Crippen LogP contribution in [-0.2, 0) is 28.1 Å². The molecule has 1 amide bonds. The Hall–Kier alpha value is -1.93. The zero-order valence-corrected chi connectivity index (χ0v) is 16.6. The topological polar surface area (TPSA) is 69.7 Å². The number of rotatable bonds is 6. The van der Waals surface area contributed by atoms with Gasteiger partial charge in [-0.25, -0.2) is 0 Å². The first-order valence-electron chi connectivity index (χ1n) is 8.67. The third-order valence-electron chi connectivity index (χ3n) is 4.48. The van der Waals surface area contributed by atoms with Crippen LogP contribution in [0, 0.1) is 6.92 Å². The highest BCUT2D eigenvalue weighted by Gasteiger charge is 2.37. The number of carbonyl (C=O) groups excluding carboxylic acids is 1. The van der Waals surface area contributed by atoms with E-state index in [1.807, 2.05) is 49.4 Å². The number of benzene rings is 2. The van der Waals surface area contributed by atoms with Crippen molar-refractivity contribution in [3.63, 3.8) is 0 Å². The predicted octanol–water partition coefficient (Wildman–Crippen LogP) is 2.33. The smallest absolute Gasteiger partial charge is 0.282 e. The number of nitrogens with zero attached hydrogens (tertiary/aromatic N) is 2. The van der Waals surface area contributed by atoms with Crippen LogP contribution in [0.5, 0.6) is 0 Å². The van der Waals surface area contributed by atoms with E-state index < -0.39 is 10.2 Å². The van der Waals surface area contributed by atoms with E-state index >= 15 is 0 Å². The third-order valence-corrected chi connectivity index (χ3v) is 6.78. The van der Waals surface area contributed by atoms with Crippen LogP contribution in [0.4, 0.5) is 0 Å². The van der Waals surface area contributed by atoms with Crippen molar-refractivity contribution in [1.82, 2.24) is 13.9 Å². The number of amides is 1. The Morgan fingerprint density at radius 1 is 1.07 bits per heavy atom. The average molecular weight is 408 g/mol. The molecular formula is C19H22ClN3O3S. The van der Waals surface area contributed by atoms with E-state index in [1.54, 1.807) is 6.07 Å². The molecule has 0 saturated carbocycles. The lowest BCUT2D eigenvalue weighted by Crippen LogP contribution is -2.40. The maximum absolute atomic E-state index is 12.7. The molecule has 0 aliphatic carbocycles. The van der Waals surface area contributed by atoms with Crippen molar-refractivity contribution in [3.8, 4) is 0 Å². The van der Waals surface area contributed by atoms with E-state index in [-0.39, 0.29) is 19.0 Å². The molecule has 0 spiro atoms. The molecule has 2 aromatic carbocycles. The second-order valence-electron chi connectivity index (χ2n) is 6.53. The minimum Gasteiger partial charge on any atom is -0.351 e. The van der Waals surface area contributed by atoms with E-state index in [9.17, 15) is 13.2 Å². The van der Waals surface area contributed by atoms with E-state index in [4.69, 9.17) is 11.6 Å². The van der Waals surface area contributed by atoms with E-state index in [1.165, 1.54) is 8.61 Å². The number of nitrogens with one attached hydrogen (secondary N) is 1. The van der Waals surface area contributed by atoms with Crippen LogP contribution in [0.1, 0.15) is 16.7 Å². The summed E-state index contributed by atoms with van der Waals surface area (Å²) in [5, 5.41) is 3.29. The largest absolute Gasteiger partial charge is 0.351 e. The summed E-state index contributed by atoms with van der Waals surface area (Å²) in [6.07, 6.45) is 0. The van der Waals surface area contributed by atoms with Crippen LogP contribution in [0.25, 0.3) is 0 Å². The number of halogens is 1. The minimum atomic E-state index is -3.64. The summed E-state index contributed by atoms with van der Waals surface area (Å²) in [6, 6.07) is 15.0. The molecule has 1 fully saturated rings. The molecule has 1 saturated heterocycles. The maximum atomic E-state index is 12.7. The monoisotopic (exact) mass is 407 g/mol. The van der Waals surface area contributed by atoms with Crippen molar-refractivity contribution in [1.29, 1.82) is 0 Å². The van der Waals surface area contributed by atoms with Crippen molar-refractivity contribution in [2.24, 2.45) is 0 Å². The molecule has 1 aliphatic rings. The molecule has 144 valence electrons. The molecule has 1 heterocycles. The van der Waals surface area contributed by atoms with Gasteiger partial charge in [0, 0.05) is 31.2 Å². The second-order valence-corrected chi connectivity index (χ2v) is 8.86. The molecule has 0 radical (unpaired) electrons. The summed E-state index contributed by atoms with van der Waals surface area (Å²) in [7, 11) is -3.64. The molecule has 6 nitrogen and oxygen atoms in total. The Kier molecular flexibility index (Phi) is 6.16. The molecule has 0 bridgehead atoms. The Morgan fingerprint density at radius 3 is 2.44 bits per heavy atom. The molecule has 0 aromatic heterocycles. The van der Waals surface area contributed by atoms with E-state index in [0.717, 1.165) is 16.7 Å². The van der Waals surface area contributed by atoms with Crippen LogP contribution in [0.3, 0.4) is 0 Å². The van der Waals surface area contributed by atoms with Crippen molar-refractivity contribution in [2.45, 2.75) is 20.0 Å². The first-order chi connectivity index (χ1) is 12.9. The Balaban J connectivity index is 1.57. The zero-order chi connectivity index (χ0) is 19.4. The van der Waals surface area contributed by atoms with Gasteiger partial charge in [-0.2, -0.15) is 17.0 Å². The fourth-order valence-corrected chi connectivity index (χ4v) is 4.63. The van der Waals surface area contributed by atoms with Crippen LogP contribution < -0.4 is 5.32 Å². The maximum Gasteiger partial charge on any atom is 0.282 e. The molecule has 0 unspecified atom stereocenters. The fourth-order valence-electron chi connectivity index (χ4n) is 2.89. The summed E-state index contributed by atoms with van der Waals surface area (Å²) < 4.78 is 28.0. The summed E-state index contributed by atoms with van der Waals surface area (Å²) in [5.41, 5.74) is 2.84. The van der Waals surface area contributed by atoms with Gasteiger partial charge in [-0.05, 0) is 24.1 Å². The molecule has 1 N–H and O–H groups in total. The molecule has 1 aliphatic heterocycles. The normalized spacial score (nSPS) is 17.1. The quantitative estimate of drug-likeness (QED) is 0.798. The second kappa shape index (κ2) is 8.39. The number of aryl methyl sites for hydroxylation is 1. The highest BCUT2D eigenvalue weighted by Crippen LogP contribution is 2.20. The van der Waals surface area contributed by atoms with Gasteiger partial charge in [0.1, 0.15) is 0 Å². The summed E-state index contributed by atoms with van der Waals surface area (Å²) in [4.78, 5) is 12.2. The number of hydrogen-bond acceptors (Lipinski definition) is 3. The first kappa shape index (κ1) is 19.8. The molecule has 8 heteroatoms. The number of hydrogen-bond donors (Lipinski definition) is 1. The van der Waals surface area contributed by atoms with Gasteiger partial charge in [-0.15, -0.1) is 0 Å². The zero-order valence-electron chi connectivity index (χ0n) is 15.1. The Morgan fingerprint density at radius 2 is 1.74 bits per heavy atom. The summed E-state index contributed by atoms with van der Waals surface area (Å²) in [5.74, 6) is -0.351. The van der Waals surface area contributed by atoms with Crippen molar-refractivity contribution in [3.05, 3.63) is 70.2 Å². The predicted molar refractivity (Wildman–Crippen MR) is 105 cm³/mol. The van der Waals surface area contributed by atoms with Gasteiger partial charge >= 0.3 is 0 Å². The lowest BCUT2D eigenvalue weighted by atomic mass is 10.1. The van der Waals surface area contributed by atoms with Crippen molar-refractivity contribution >= 4 is 27.7 Å². The molecular weight excluding hydrogens is 386 g/mol. The standard InChI is InChI=1S/C19H22ClN3O3S/c1-15-6-8-16(9-7-15)13-22-10-11-23(27(22,25)26)14-19(24)21-12-17-4-2-3-5-18(17)20/h2-9H,10-14H2,1H3,(H,21,24). The van der Waals surface area contributed by atoms with Gasteiger partial charge in [0.2, 0.25) is 5.91 Å². The summed E-state index contributed by atoms with van der Waals surface area (Å²) >= 11 is 6.06. The highest BCUT2D eigenvalue weighted by molar-refractivity contribution is 7.87. The van der Waals surface area contributed by atoms with E-state index in [2.05, 4.69) is 5.32 Å². The van der Waals surface area contributed by atoms with Gasteiger partial charge in [-0.1, -0.05) is 59.6 Å². The molecule has 0 atom stereocenters. The average Bonchev–Trinajstić information content (AvgIpc) is 2.90. The van der Waals surface area contributed by atoms with Crippen LogP contribution in [0.2, 0.25) is 5.02 Å². The lowest BCUT2D eigenvalue weighted by Gasteiger charge is -2.18. The first-order valence-corrected chi connectivity index (χ1v) is 10.4. The highest BCUT2D eigenvalue weighted by atomic mass is 35.5. The van der Waals surface area contributed by atoms with E-state index in [0.29, 0.717) is 24.7 Å². The van der Waals surface area contributed by atoms with Crippen LogP contribution in [-0.4, -0.2) is 42.6 Å². The van der Waals surface area contributed by atoms with Crippen molar-refractivity contribution < 1.29 is 13.2 Å². The van der Waals surface area contributed by atoms with Gasteiger partial charge in [0.25, 0.3) is 10.2 Å². The van der Waals surface area contributed by atoms with Crippen LogP contribution in [0.15, 0.2) is 48.5 Å². The third kappa shape index (κ3) is 4.87. The summed E-state index contributed by atoms with van der Waals surface area (Å²) in [6.45, 7) is 3.03. The van der Waals surface area contributed by atoms with Crippen molar-refractivity contribution in [2.75, 3.05) is 19.6 Å². The Labute approximate surface area is 164 Å². The van der Waals surface area contributed by atoms with Crippen LogP contribution >= 0.6 is 11.6 Å². The minimum absolute atomic E-state index is 0.197. The molecule has 2 aromatic rings. The fraction of sp³-hybridized carbons (Fsp3) is 0.316. The van der Waals surface area contributed by atoms with Gasteiger partial charge in [-0.3, -0.25) is 4.79 Å². The van der Waals surface area contributed by atoms with Gasteiger partial charge < -0.3 is 5.32 Å². The molecule has 27 heavy (non-hydrogen) atoms. The van der Waals surface area contributed by atoms with Gasteiger partial charge in [0.05, 0.1) is 6.54 Å². The van der Waals surface area contributed by atoms with Gasteiger partial charge in [0.15, 0.2) is 0 Å².